The van der Waals surface area contributed by atoms with Gasteiger partial charge in [0.15, 0.2) is 11.5 Å². The monoisotopic (exact) mass is 357 g/mol. The smallest absolute Gasteiger partial charge is 0.161 e. The second-order valence-electron chi connectivity index (χ2n) is 5.69. The summed E-state index contributed by atoms with van der Waals surface area (Å²) in [6.45, 7) is 6.47. The predicted molar refractivity (Wildman–Crippen MR) is 95.6 cm³/mol. The molecule has 6 heteroatoms. The summed E-state index contributed by atoms with van der Waals surface area (Å²) in [4.78, 5) is 2.46. The van der Waals surface area contributed by atoms with Crippen LogP contribution in [0.3, 0.4) is 0 Å². The zero-order chi connectivity index (χ0) is 17.0. The van der Waals surface area contributed by atoms with E-state index in [0.29, 0.717) is 25.7 Å². The average molecular weight is 358 g/mol. The Bertz CT molecular complexity index is 466. The number of halogens is 1. The first-order valence-corrected chi connectivity index (χ1v) is 9.10. The van der Waals surface area contributed by atoms with Gasteiger partial charge in [0.25, 0.3) is 0 Å². The van der Waals surface area contributed by atoms with Crippen molar-refractivity contribution < 1.29 is 18.9 Å². The van der Waals surface area contributed by atoms with Crippen molar-refractivity contribution in [3.05, 3.63) is 23.8 Å². The number of ether oxygens (including phenoxy) is 4. The molecule has 0 saturated carbocycles. The fraction of sp³-hybridized carbons (Fsp3) is 0.667. The van der Waals surface area contributed by atoms with Crippen LogP contribution in [-0.2, 0) is 15.9 Å². The third-order valence-electron chi connectivity index (χ3n) is 3.98. The summed E-state index contributed by atoms with van der Waals surface area (Å²) >= 11 is 5.56. The number of benzene rings is 1. The lowest BCUT2D eigenvalue weighted by molar-refractivity contribution is 0.0374. The highest BCUT2D eigenvalue weighted by molar-refractivity contribution is 6.17. The third kappa shape index (κ3) is 6.85. The Morgan fingerprint density at radius 1 is 1.12 bits per heavy atom. The van der Waals surface area contributed by atoms with E-state index >= 15 is 0 Å². The van der Waals surface area contributed by atoms with Crippen molar-refractivity contribution in [2.75, 3.05) is 65.7 Å². The number of hydrogen-bond acceptors (Lipinski definition) is 5. The van der Waals surface area contributed by atoms with Crippen molar-refractivity contribution in [3.63, 3.8) is 0 Å². The van der Waals surface area contributed by atoms with Crippen molar-refractivity contribution in [1.82, 2.24) is 4.90 Å². The highest BCUT2D eigenvalue weighted by atomic mass is 35.5. The van der Waals surface area contributed by atoms with Crippen LogP contribution < -0.4 is 9.47 Å². The average Bonchev–Trinajstić information content (AvgIpc) is 2.63. The van der Waals surface area contributed by atoms with Gasteiger partial charge in [-0.15, -0.1) is 11.6 Å². The molecule has 1 aromatic rings. The minimum Gasteiger partial charge on any atom is -0.493 e. The van der Waals surface area contributed by atoms with Crippen LogP contribution >= 0.6 is 11.6 Å². The molecule has 0 spiro atoms. The Hall–Kier alpha value is -1.01. The minimum absolute atomic E-state index is 0.490. The summed E-state index contributed by atoms with van der Waals surface area (Å²) in [6, 6.07) is 6.15. The number of methoxy groups -OCH3 is 1. The molecule has 0 radical (unpaired) electrons. The Morgan fingerprint density at radius 3 is 2.71 bits per heavy atom. The van der Waals surface area contributed by atoms with Gasteiger partial charge in [0, 0.05) is 19.0 Å². The van der Waals surface area contributed by atoms with Gasteiger partial charge in [0.05, 0.1) is 33.5 Å². The van der Waals surface area contributed by atoms with Crippen molar-refractivity contribution >= 4 is 11.6 Å². The molecule has 136 valence electrons. The molecule has 1 aromatic carbocycles. The summed E-state index contributed by atoms with van der Waals surface area (Å²) in [7, 11) is 1.67. The molecule has 2 rings (SSSR count). The third-order valence-corrected chi connectivity index (χ3v) is 4.13. The molecular weight excluding hydrogens is 330 g/mol. The van der Waals surface area contributed by atoms with Crippen molar-refractivity contribution in [3.8, 4) is 11.5 Å². The molecule has 1 fully saturated rings. The van der Waals surface area contributed by atoms with Crippen LogP contribution in [-0.4, -0.2) is 70.6 Å². The topological polar surface area (TPSA) is 40.2 Å². The molecule has 0 aromatic heterocycles. The van der Waals surface area contributed by atoms with E-state index in [1.807, 2.05) is 6.07 Å². The Morgan fingerprint density at radius 2 is 1.96 bits per heavy atom. The second kappa shape index (κ2) is 11.5. The van der Waals surface area contributed by atoms with Gasteiger partial charge >= 0.3 is 0 Å². The van der Waals surface area contributed by atoms with Gasteiger partial charge in [0.1, 0.15) is 6.61 Å². The Kier molecular flexibility index (Phi) is 9.28. The molecule has 1 aliphatic rings. The summed E-state index contributed by atoms with van der Waals surface area (Å²) in [5, 5.41) is 0. The van der Waals surface area contributed by atoms with E-state index in [2.05, 4.69) is 17.0 Å². The number of nitrogens with zero attached hydrogens (tertiary/aromatic N) is 1. The van der Waals surface area contributed by atoms with Gasteiger partial charge in [-0.2, -0.15) is 0 Å². The highest BCUT2D eigenvalue weighted by Crippen LogP contribution is 2.28. The maximum atomic E-state index is 5.71. The summed E-state index contributed by atoms with van der Waals surface area (Å²) < 4.78 is 21.8. The normalized spacial score (nSPS) is 15.4. The molecule has 0 amide bonds. The van der Waals surface area contributed by atoms with Crippen LogP contribution in [0.25, 0.3) is 0 Å². The van der Waals surface area contributed by atoms with Gasteiger partial charge in [-0.25, -0.2) is 0 Å². The van der Waals surface area contributed by atoms with E-state index in [-0.39, 0.29) is 0 Å². The zero-order valence-corrected chi connectivity index (χ0v) is 15.2. The quantitative estimate of drug-likeness (QED) is 0.449. The maximum absolute atomic E-state index is 5.71. The van der Waals surface area contributed by atoms with E-state index in [1.165, 1.54) is 5.56 Å². The van der Waals surface area contributed by atoms with Gasteiger partial charge in [-0.3, -0.25) is 4.90 Å². The highest BCUT2D eigenvalue weighted by Gasteiger charge is 2.10. The van der Waals surface area contributed by atoms with E-state index in [4.69, 9.17) is 30.5 Å². The standard InChI is InChI=1S/C18H28ClNO4/c1-21-18-15-16(3-2-7-20-8-11-23-12-9-20)4-5-17(18)24-14-13-22-10-6-19/h4-5,15H,2-3,6-14H2,1H3. The minimum atomic E-state index is 0.490. The van der Waals surface area contributed by atoms with E-state index in [1.54, 1.807) is 7.11 Å². The van der Waals surface area contributed by atoms with Crippen LogP contribution in [0.5, 0.6) is 11.5 Å². The molecule has 0 atom stereocenters. The largest absolute Gasteiger partial charge is 0.493 e. The summed E-state index contributed by atoms with van der Waals surface area (Å²) in [6.07, 6.45) is 2.17. The molecule has 1 heterocycles. The van der Waals surface area contributed by atoms with Gasteiger partial charge in [-0.1, -0.05) is 6.07 Å². The first-order valence-electron chi connectivity index (χ1n) is 8.57. The van der Waals surface area contributed by atoms with E-state index < -0.39 is 0 Å². The molecule has 0 bridgehead atoms. The Balaban J connectivity index is 1.75. The lowest BCUT2D eigenvalue weighted by Gasteiger charge is -2.26. The van der Waals surface area contributed by atoms with Crippen molar-refractivity contribution in [1.29, 1.82) is 0 Å². The molecular formula is C18H28ClNO4. The number of rotatable bonds is 11. The first kappa shape index (κ1) is 19.3. The van der Waals surface area contributed by atoms with Crippen LogP contribution in [0.15, 0.2) is 18.2 Å². The number of morpholine rings is 1. The lowest BCUT2D eigenvalue weighted by atomic mass is 10.1. The number of alkyl halides is 1. The summed E-state index contributed by atoms with van der Waals surface area (Å²) in [5.74, 6) is 2.03. The van der Waals surface area contributed by atoms with Gasteiger partial charge in [-0.05, 0) is 37.1 Å². The Labute approximate surface area is 149 Å². The second-order valence-corrected chi connectivity index (χ2v) is 6.07. The molecule has 24 heavy (non-hydrogen) atoms. The molecule has 1 aliphatic heterocycles. The molecule has 5 nitrogen and oxygen atoms in total. The molecule has 0 aliphatic carbocycles. The van der Waals surface area contributed by atoms with Crippen molar-refractivity contribution in [2.24, 2.45) is 0 Å². The number of hydrogen-bond donors (Lipinski definition) is 0. The number of aryl methyl sites for hydroxylation is 1. The SMILES string of the molecule is COc1cc(CCCN2CCOCC2)ccc1OCCOCCCl. The van der Waals surface area contributed by atoms with Crippen molar-refractivity contribution in [2.45, 2.75) is 12.8 Å². The molecule has 0 unspecified atom stereocenters. The molecule has 0 N–H and O–H groups in total. The van der Waals surface area contributed by atoms with Crippen LogP contribution in [0.4, 0.5) is 0 Å². The zero-order valence-electron chi connectivity index (χ0n) is 14.5. The van der Waals surface area contributed by atoms with Gasteiger partial charge in [0.2, 0.25) is 0 Å². The summed E-state index contributed by atoms with van der Waals surface area (Å²) in [5.41, 5.74) is 1.27. The maximum Gasteiger partial charge on any atom is 0.161 e. The van der Waals surface area contributed by atoms with Crippen LogP contribution in [0.2, 0.25) is 0 Å². The van der Waals surface area contributed by atoms with Crippen LogP contribution in [0, 0.1) is 0 Å². The van der Waals surface area contributed by atoms with E-state index in [9.17, 15) is 0 Å². The fourth-order valence-corrected chi connectivity index (χ4v) is 2.79. The van der Waals surface area contributed by atoms with E-state index in [0.717, 1.165) is 57.2 Å². The first-order chi connectivity index (χ1) is 11.8. The molecule has 1 saturated heterocycles. The van der Waals surface area contributed by atoms with Gasteiger partial charge < -0.3 is 18.9 Å². The fourth-order valence-electron chi connectivity index (χ4n) is 2.69. The lowest BCUT2D eigenvalue weighted by Crippen LogP contribution is -2.36. The predicted octanol–water partition coefficient (Wildman–Crippen LogP) is 2.59. The van der Waals surface area contributed by atoms with Crippen LogP contribution in [0.1, 0.15) is 12.0 Å².